The van der Waals surface area contributed by atoms with Crippen LogP contribution in [0.2, 0.25) is 0 Å². The summed E-state index contributed by atoms with van der Waals surface area (Å²) in [7, 11) is 0. The number of ether oxygens (including phenoxy) is 1. The summed E-state index contributed by atoms with van der Waals surface area (Å²) in [5, 5.41) is 6.84. The maximum absolute atomic E-state index is 13.3. The van der Waals surface area contributed by atoms with E-state index in [9.17, 15) is 4.79 Å². The zero-order valence-electron chi connectivity index (χ0n) is 16.6. The van der Waals surface area contributed by atoms with Crippen LogP contribution in [0.4, 0.5) is 0 Å². The number of rotatable bonds is 6. The number of ketones is 1. The quantitative estimate of drug-likeness (QED) is 0.442. The van der Waals surface area contributed by atoms with Gasteiger partial charge in [0.05, 0.1) is 6.04 Å². The van der Waals surface area contributed by atoms with E-state index in [4.69, 9.17) is 17.0 Å². The molecule has 5 heteroatoms. The Labute approximate surface area is 181 Å². The average Bonchev–Trinajstić information content (AvgIpc) is 2.78. The molecule has 0 fully saturated rings. The number of carbonyl (C=O) groups excluding carboxylic acids is 1. The number of nitrogens with one attached hydrogen (secondary N) is 2. The number of carbonyl (C=O) groups is 1. The van der Waals surface area contributed by atoms with Gasteiger partial charge in [0.25, 0.3) is 0 Å². The van der Waals surface area contributed by atoms with Gasteiger partial charge in [0.15, 0.2) is 10.9 Å². The first kappa shape index (κ1) is 19.9. The smallest absolute Gasteiger partial charge is 0.193 e. The Morgan fingerprint density at radius 1 is 0.967 bits per heavy atom. The van der Waals surface area contributed by atoms with Gasteiger partial charge in [-0.05, 0) is 42.4 Å². The molecule has 150 valence electrons. The molecule has 30 heavy (non-hydrogen) atoms. The minimum Gasteiger partial charge on any atom is -0.489 e. The second kappa shape index (κ2) is 8.93. The number of Topliss-reactive ketones (excluding diaryl/α,β-unsaturated/α-hetero) is 1. The van der Waals surface area contributed by atoms with Crippen LogP contribution in [-0.4, -0.2) is 10.9 Å². The Hall–Kier alpha value is -3.44. The lowest BCUT2D eigenvalue weighted by atomic mass is 9.89. The summed E-state index contributed by atoms with van der Waals surface area (Å²) in [6.07, 6.45) is 0. The summed E-state index contributed by atoms with van der Waals surface area (Å²) < 4.78 is 5.98. The average molecular weight is 415 g/mol. The Morgan fingerprint density at radius 2 is 1.67 bits per heavy atom. The van der Waals surface area contributed by atoms with Crippen molar-refractivity contribution in [2.24, 2.45) is 0 Å². The van der Waals surface area contributed by atoms with E-state index < -0.39 is 0 Å². The first-order valence-corrected chi connectivity index (χ1v) is 10.2. The van der Waals surface area contributed by atoms with E-state index in [0.717, 1.165) is 22.6 Å². The largest absolute Gasteiger partial charge is 0.489 e. The summed E-state index contributed by atoms with van der Waals surface area (Å²) >= 11 is 5.37. The molecule has 1 atom stereocenters. The molecule has 1 aliphatic rings. The molecule has 0 saturated carbocycles. The molecular weight excluding hydrogens is 392 g/mol. The lowest BCUT2D eigenvalue weighted by Crippen LogP contribution is -2.44. The van der Waals surface area contributed by atoms with Crippen molar-refractivity contribution >= 4 is 23.1 Å². The number of hydrogen-bond acceptors (Lipinski definition) is 3. The van der Waals surface area contributed by atoms with Gasteiger partial charge < -0.3 is 15.4 Å². The summed E-state index contributed by atoms with van der Waals surface area (Å²) in [6, 6.07) is 26.7. The standard InChI is InChI=1S/C25H22N2O2S/c1-17-22(24(28)19-11-6-3-7-12-19)23(27-25(30)26-17)20-13-8-14-21(15-20)29-16-18-9-4-2-5-10-18/h2-15,23H,16H2,1H3,(H2,26,27,30)/t23-/m0/s1. The third-order valence-corrected chi connectivity index (χ3v) is 5.21. The van der Waals surface area contributed by atoms with Gasteiger partial charge in [-0.2, -0.15) is 0 Å². The van der Waals surface area contributed by atoms with Crippen LogP contribution < -0.4 is 15.4 Å². The molecule has 0 saturated heterocycles. The van der Waals surface area contributed by atoms with Crippen molar-refractivity contribution in [1.82, 2.24) is 10.6 Å². The van der Waals surface area contributed by atoms with Crippen LogP contribution >= 0.6 is 12.2 Å². The molecule has 3 aromatic rings. The zero-order chi connectivity index (χ0) is 20.9. The molecule has 0 spiro atoms. The molecular formula is C25H22N2O2S. The monoisotopic (exact) mass is 414 g/mol. The fourth-order valence-electron chi connectivity index (χ4n) is 3.51. The SMILES string of the molecule is CC1=C(C(=O)c2ccccc2)[C@H](c2cccc(OCc3ccccc3)c2)NC(=S)N1. The van der Waals surface area contributed by atoms with Gasteiger partial charge in [-0.25, -0.2) is 0 Å². The van der Waals surface area contributed by atoms with Crippen molar-refractivity contribution in [3.05, 3.63) is 113 Å². The topological polar surface area (TPSA) is 50.4 Å². The summed E-state index contributed by atoms with van der Waals surface area (Å²) in [5.74, 6) is 0.711. The highest BCUT2D eigenvalue weighted by atomic mass is 32.1. The van der Waals surface area contributed by atoms with E-state index in [2.05, 4.69) is 10.6 Å². The lowest BCUT2D eigenvalue weighted by molar-refractivity contribution is 0.102. The normalized spacial score (nSPS) is 15.9. The highest BCUT2D eigenvalue weighted by Crippen LogP contribution is 2.31. The third kappa shape index (κ3) is 4.42. The van der Waals surface area contributed by atoms with E-state index in [1.54, 1.807) is 0 Å². The van der Waals surface area contributed by atoms with Gasteiger partial charge in [-0.1, -0.05) is 72.8 Å². The molecule has 4 nitrogen and oxygen atoms in total. The Bertz CT molecular complexity index is 1090. The van der Waals surface area contributed by atoms with Crippen molar-refractivity contribution in [3.63, 3.8) is 0 Å². The molecule has 0 aromatic heterocycles. The summed E-state index contributed by atoms with van der Waals surface area (Å²) in [6.45, 7) is 2.36. The predicted octanol–water partition coefficient (Wildman–Crippen LogP) is 4.94. The van der Waals surface area contributed by atoms with Gasteiger partial charge in [0.1, 0.15) is 12.4 Å². The second-order valence-corrected chi connectivity index (χ2v) is 7.52. The van der Waals surface area contributed by atoms with E-state index in [1.165, 1.54) is 0 Å². The molecule has 0 bridgehead atoms. The molecule has 0 radical (unpaired) electrons. The van der Waals surface area contributed by atoms with E-state index >= 15 is 0 Å². The van der Waals surface area contributed by atoms with Gasteiger partial charge >= 0.3 is 0 Å². The first-order chi connectivity index (χ1) is 14.6. The molecule has 4 rings (SSSR count). The van der Waals surface area contributed by atoms with Crippen LogP contribution in [0.3, 0.4) is 0 Å². The van der Waals surface area contributed by atoms with Gasteiger partial charge in [-0.15, -0.1) is 0 Å². The predicted molar refractivity (Wildman–Crippen MR) is 122 cm³/mol. The molecule has 2 N–H and O–H groups in total. The first-order valence-electron chi connectivity index (χ1n) is 9.76. The van der Waals surface area contributed by atoms with Crippen molar-refractivity contribution in [2.75, 3.05) is 0 Å². The Morgan fingerprint density at radius 3 is 2.40 bits per heavy atom. The van der Waals surface area contributed by atoms with Crippen molar-refractivity contribution in [3.8, 4) is 5.75 Å². The molecule has 3 aromatic carbocycles. The third-order valence-electron chi connectivity index (χ3n) is 4.99. The van der Waals surface area contributed by atoms with Crippen LogP contribution in [0.1, 0.15) is 34.5 Å². The number of benzene rings is 3. The maximum Gasteiger partial charge on any atom is 0.193 e. The van der Waals surface area contributed by atoms with Crippen LogP contribution in [0.25, 0.3) is 0 Å². The molecule has 1 heterocycles. The van der Waals surface area contributed by atoms with E-state index in [-0.39, 0.29) is 11.8 Å². The van der Waals surface area contributed by atoms with E-state index in [0.29, 0.717) is 22.9 Å². The van der Waals surface area contributed by atoms with Gasteiger partial charge in [-0.3, -0.25) is 4.79 Å². The number of allylic oxidation sites excluding steroid dienone is 1. The van der Waals surface area contributed by atoms with Crippen LogP contribution in [-0.2, 0) is 6.61 Å². The minimum absolute atomic E-state index is 0.0313. The molecule has 0 amide bonds. The summed E-state index contributed by atoms with van der Waals surface area (Å²) in [4.78, 5) is 13.3. The second-order valence-electron chi connectivity index (χ2n) is 7.11. The van der Waals surface area contributed by atoms with Crippen molar-refractivity contribution < 1.29 is 9.53 Å². The van der Waals surface area contributed by atoms with Crippen LogP contribution in [0, 0.1) is 0 Å². The lowest BCUT2D eigenvalue weighted by Gasteiger charge is -2.30. The fourth-order valence-corrected chi connectivity index (χ4v) is 3.79. The molecule has 0 aliphatic carbocycles. The highest BCUT2D eigenvalue weighted by Gasteiger charge is 2.30. The maximum atomic E-state index is 13.3. The number of thiocarbonyl (C=S) groups is 1. The minimum atomic E-state index is -0.355. The fraction of sp³-hybridized carbons (Fsp3) is 0.120. The van der Waals surface area contributed by atoms with Crippen LogP contribution in [0.15, 0.2) is 96.2 Å². The van der Waals surface area contributed by atoms with Gasteiger partial charge in [0, 0.05) is 16.8 Å². The molecule has 0 unspecified atom stereocenters. The highest BCUT2D eigenvalue weighted by molar-refractivity contribution is 7.80. The zero-order valence-corrected chi connectivity index (χ0v) is 17.4. The van der Waals surface area contributed by atoms with Crippen LogP contribution in [0.5, 0.6) is 5.75 Å². The Kier molecular flexibility index (Phi) is 5.91. The van der Waals surface area contributed by atoms with Crippen molar-refractivity contribution in [2.45, 2.75) is 19.6 Å². The molecule has 1 aliphatic heterocycles. The number of hydrogen-bond donors (Lipinski definition) is 2. The van der Waals surface area contributed by atoms with Crippen molar-refractivity contribution in [1.29, 1.82) is 0 Å². The summed E-state index contributed by atoms with van der Waals surface area (Å²) in [5.41, 5.74) is 4.07. The van der Waals surface area contributed by atoms with E-state index in [1.807, 2.05) is 91.9 Å². The van der Waals surface area contributed by atoms with Gasteiger partial charge in [0.2, 0.25) is 0 Å². The Balaban J connectivity index is 1.63.